The van der Waals surface area contributed by atoms with Crippen molar-refractivity contribution in [2.24, 2.45) is 5.92 Å². The molecule has 13 heteroatoms. The first-order valence-electron chi connectivity index (χ1n) is 13.5. The number of thiazole rings is 1. The summed E-state index contributed by atoms with van der Waals surface area (Å²) in [4.78, 5) is 67.2. The van der Waals surface area contributed by atoms with E-state index in [1.807, 2.05) is 0 Å². The first kappa shape index (κ1) is 29.8. The van der Waals surface area contributed by atoms with Crippen molar-refractivity contribution in [3.8, 4) is 0 Å². The van der Waals surface area contributed by atoms with E-state index in [9.17, 15) is 28.4 Å². The van der Waals surface area contributed by atoms with Crippen LogP contribution >= 0.6 is 34.7 Å². The minimum absolute atomic E-state index is 0.236. The van der Waals surface area contributed by atoms with E-state index < -0.39 is 51.5 Å². The largest absolute Gasteiger partial charge is 0.462 e. The van der Waals surface area contributed by atoms with Gasteiger partial charge >= 0.3 is 10.8 Å². The van der Waals surface area contributed by atoms with Gasteiger partial charge in [0.1, 0.15) is 17.6 Å². The van der Waals surface area contributed by atoms with Crippen LogP contribution < -0.4 is 15.1 Å². The van der Waals surface area contributed by atoms with Crippen molar-refractivity contribution in [2.75, 3.05) is 16.8 Å². The summed E-state index contributed by atoms with van der Waals surface area (Å²) >= 11 is 8.14. The third-order valence-corrected chi connectivity index (χ3v) is 10.2. The highest BCUT2D eigenvalue weighted by atomic mass is 35.5. The van der Waals surface area contributed by atoms with Crippen LogP contribution in [0.15, 0.2) is 82.6 Å². The number of anilines is 2. The number of ether oxygens (including phenoxy) is 1. The summed E-state index contributed by atoms with van der Waals surface area (Å²) in [5.74, 6) is -3.93. The molecule has 1 fully saturated rings. The Hall–Kier alpha value is -4.26. The molecule has 4 aromatic rings. The number of fused-ring (bicyclic) bond motifs is 2. The third kappa shape index (κ3) is 5.44. The molecule has 1 N–H and O–H groups in total. The summed E-state index contributed by atoms with van der Waals surface area (Å²) in [7, 11) is 0. The number of thioether (sulfide) groups is 1. The molecule has 0 spiro atoms. The SMILES string of the molecule is CCOC(=O)c1ccc(NC(=O)Cn2c3c(sc2=O)[C@@H](c2ccc(Cl)cc2)[C@@H]2C(=O)N(c4ccc(F)cc4)C(=O)[C@@H]2S3)cc1. The van der Waals surface area contributed by atoms with Gasteiger partial charge in [0.15, 0.2) is 0 Å². The van der Waals surface area contributed by atoms with E-state index in [0.717, 1.165) is 28.0 Å². The maximum Gasteiger partial charge on any atom is 0.338 e. The third-order valence-electron chi connectivity index (χ3n) is 7.34. The van der Waals surface area contributed by atoms with Gasteiger partial charge in [0.25, 0.3) is 0 Å². The van der Waals surface area contributed by atoms with Gasteiger partial charge in [-0.1, -0.05) is 46.8 Å². The normalized spacial score (nSPS) is 19.0. The fourth-order valence-corrected chi connectivity index (χ4v) is 8.28. The van der Waals surface area contributed by atoms with E-state index in [4.69, 9.17) is 16.3 Å². The zero-order valence-electron chi connectivity index (χ0n) is 23.0. The van der Waals surface area contributed by atoms with Crippen molar-refractivity contribution in [3.63, 3.8) is 0 Å². The molecule has 3 amide bonds. The Kier molecular flexibility index (Phi) is 8.14. The Balaban J connectivity index is 1.33. The number of carbonyl (C=O) groups excluding carboxylic acids is 4. The summed E-state index contributed by atoms with van der Waals surface area (Å²) in [5, 5.41) is 2.75. The van der Waals surface area contributed by atoms with Gasteiger partial charge in [-0.2, -0.15) is 0 Å². The molecule has 0 unspecified atom stereocenters. The number of esters is 1. The molecule has 1 aromatic heterocycles. The number of halogens is 2. The summed E-state index contributed by atoms with van der Waals surface area (Å²) in [5.41, 5.74) is 1.68. The lowest BCUT2D eigenvalue weighted by Gasteiger charge is -2.30. The van der Waals surface area contributed by atoms with Gasteiger partial charge in [-0.15, -0.1) is 0 Å². The molecule has 3 aromatic carbocycles. The molecule has 9 nitrogen and oxygen atoms in total. The number of carbonyl (C=O) groups is 4. The van der Waals surface area contributed by atoms with Crippen LogP contribution in [-0.4, -0.2) is 40.1 Å². The predicted molar refractivity (Wildman–Crippen MR) is 165 cm³/mol. The van der Waals surface area contributed by atoms with E-state index in [0.29, 0.717) is 31.7 Å². The summed E-state index contributed by atoms with van der Waals surface area (Å²) in [6.45, 7) is 1.60. The average Bonchev–Trinajstić information content (AvgIpc) is 3.45. The molecule has 3 atom stereocenters. The number of benzene rings is 3. The number of nitrogens with zero attached hydrogens (tertiary/aromatic N) is 2. The van der Waals surface area contributed by atoms with Crippen LogP contribution in [0.1, 0.15) is 33.6 Å². The molecule has 0 radical (unpaired) electrons. The quantitative estimate of drug-likeness (QED) is 0.213. The van der Waals surface area contributed by atoms with Crippen molar-refractivity contribution in [1.82, 2.24) is 4.57 Å². The lowest BCUT2D eigenvalue weighted by atomic mass is 9.83. The predicted octanol–water partition coefficient (Wildman–Crippen LogP) is 5.31. The van der Waals surface area contributed by atoms with Crippen molar-refractivity contribution < 1.29 is 28.3 Å². The fourth-order valence-electron chi connectivity index (χ4n) is 5.38. The molecule has 1 saturated heterocycles. The monoisotopic (exact) mass is 651 g/mol. The first-order chi connectivity index (χ1) is 21.2. The highest BCUT2D eigenvalue weighted by Crippen LogP contribution is 2.54. The van der Waals surface area contributed by atoms with Gasteiger partial charge in [-0.05, 0) is 73.2 Å². The van der Waals surface area contributed by atoms with Gasteiger partial charge in [0.2, 0.25) is 17.7 Å². The Bertz CT molecular complexity index is 1840. The minimum Gasteiger partial charge on any atom is -0.462 e. The molecule has 0 saturated carbocycles. The smallest absolute Gasteiger partial charge is 0.338 e. The molecule has 0 aliphatic carbocycles. The molecule has 0 bridgehead atoms. The Morgan fingerprint density at radius 2 is 1.64 bits per heavy atom. The Morgan fingerprint density at radius 1 is 0.955 bits per heavy atom. The number of hydrogen-bond donors (Lipinski definition) is 1. The zero-order valence-corrected chi connectivity index (χ0v) is 25.4. The van der Waals surface area contributed by atoms with Gasteiger partial charge < -0.3 is 10.1 Å². The molecule has 3 heterocycles. The molecular weight excluding hydrogens is 629 g/mol. The van der Waals surface area contributed by atoms with E-state index >= 15 is 0 Å². The summed E-state index contributed by atoms with van der Waals surface area (Å²) in [6, 6.07) is 18.1. The van der Waals surface area contributed by atoms with Gasteiger partial charge in [0.05, 0.1) is 28.8 Å². The molecule has 2 aliphatic rings. The highest BCUT2D eigenvalue weighted by molar-refractivity contribution is 8.00. The van der Waals surface area contributed by atoms with E-state index in [2.05, 4.69) is 5.32 Å². The topological polar surface area (TPSA) is 115 Å². The minimum atomic E-state index is -0.889. The van der Waals surface area contributed by atoms with Gasteiger partial charge in [-0.25, -0.2) is 14.1 Å². The Labute approximate surface area is 263 Å². The second-order valence-corrected chi connectivity index (χ2v) is 12.6. The fraction of sp³-hybridized carbons (Fsp3) is 0.194. The number of nitrogens with one attached hydrogen (secondary N) is 1. The lowest BCUT2D eigenvalue weighted by molar-refractivity contribution is -0.122. The molecule has 44 heavy (non-hydrogen) atoms. The summed E-state index contributed by atoms with van der Waals surface area (Å²) in [6.07, 6.45) is 0. The molecule has 6 rings (SSSR count). The standard InChI is InChI=1S/C31H23ClFN3O6S2/c1-2-42-30(40)17-5-11-20(12-6-17)34-22(37)15-35-29-26(44-31(35)41)23(16-3-7-18(32)8-4-16)24-25(43-29)28(39)36(27(24)38)21-13-9-19(33)10-14-21/h3-14,23-25H,2,15H2,1H3,(H,34,37)/t23-,24-,25+/m0/s1. The van der Waals surface area contributed by atoms with Crippen LogP contribution in [-0.2, 0) is 25.7 Å². The van der Waals surface area contributed by atoms with Crippen LogP contribution in [0, 0.1) is 11.7 Å². The highest BCUT2D eigenvalue weighted by Gasteiger charge is 2.56. The van der Waals surface area contributed by atoms with E-state index in [-0.39, 0.29) is 18.8 Å². The number of imide groups is 1. The second-order valence-electron chi connectivity index (χ2n) is 10.1. The molecule has 2 aliphatic heterocycles. The van der Waals surface area contributed by atoms with Crippen LogP contribution in [0.5, 0.6) is 0 Å². The van der Waals surface area contributed by atoms with Crippen LogP contribution in [0.25, 0.3) is 0 Å². The zero-order chi connectivity index (χ0) is 31.1. The van der Waals surface area contributed by atoms with Crippen molar-refractivity contribution in [2.45, 2.75) is 29.7 Å². The van der Waals surface area contributed by atoms with Crippen LogP contribution in [0.2, 0.25) is 5.02 Å². The van der Waals surface area contributed by atoms with Crippen molar-refractivity contribution in [1.29, 1.82) is 0 Å². The van der Waals surface area contributed by atoms with Crippen LogP contribution in [0.3, 0.4) is 0 Å². The van der Waals surface area contributed by atoms with Crippen LogP contribution in [0.4, 0.5) is 15.8 Å². The lowest BCUT2D eigenvalue weighted by Crippen LogP contribution is -2.33. The Morgan fingerprint density at radius 3 is 2.30 bits per heavy atom. The van der Waals surface area contributed by atoms with E-state index in [1.54, 1.807) is 43.3 Å². The molecule has 224 valence electrons. The average molecular weight is 652 g/mol. The summed E-state index contributed by atoms with van der Waals surface area (Å²) < 4.78 is 19.9. The number of rotatable bonds is 7. The van der Waals surface area contributed by atoms with E-state index in [1.165, 1.54) is 41.0 Å². The van der Waals surface area contributed by atoms with Gasteiger partial charge in [-0.3, -0.25) is 23.7 Å². The van der Waals surface area contributed by atoms with Crippen molar-refractivity contribution >= 4 is 69.8 Å². The number of aromatic nitrogens is 1. The number of amides is 3. The number of hydrogen-bond acceptors (Lipinski definition) is 8. The maximum atomic E-state index is 13.9. The first-order valence-corrected chi connectivity index (χ1v) is 15.6. The second kappa shape index (κ2) is 12.0. The van der Waals surface area contributed by atoms with Gasteiger partial charge in [0, 0.05) is 21.5 Å². The molecular formula is C31H23ClFN3O6S2. The van der Waals surface area contributed by atoms with Crippen molar-refractivity contribution in [3.05, 3.63) is 109 Å². The maximum absolute atomic E-state index is 13.9.